The van der Waals surface area contributed by atoms with E-state index >= 15 is 4.57 Å². The van der Waals surface area contributed by atoms with Crippen molar-refractivity contribution in [2.45, 2.75) is 0 Å². The highest BCUT2D eigenvalue weighted by molar-refractivity contribution is 9.10. The number of benzene rings is 5. The summed E-state index contributed by atoms with van der Waals surface area (Å²) in [6.07, 6.45) is 0. The molecule has 6 rings (SSSR count). The van der Waals surface area contributed by atoms with Crippen LogP contribution in [0.25, 0.3) is 10.8 Å². The molecule has 0 amide bonds. The SMILES string of the molecule is O=P1(c2cccc3ccccc23)N(c2ccccc2)c2ccc(Br)cc2N1c1ccccc1. The monoisotopic (exact) mass is 510 g/mol. The van der Waals surface area contributed by atoms with Gasteiger partial charge in [0, 0.05) is 15.8 Å². The van der Waals surface area contributed by atoms with Crippen LogP contribution in [0.4, 0.5) is 22.7 Å². The van der Waals surface area contributed by atoms with Crippen molar-refractivity contribution in [2.24, 2.45) is 0 Å². The zero-order valence-electron chi connectivity index (χ0n) is 17.7. The summed E-state index contributed by atoms with van der Waals surface area (Å²) in [5.74, 6) is 0. The average Bonchev–Trinajstić information content (AvgIpc) is 3.12. The molecule has 0 radical (unpaired) electrons. The number of anilines is 4. The fraction of sp³-hybridized carbons (Fsp3) is 0. The molecule has 0 bridgehead atoms. The minimum atomic E-state index is -3.39. The molecule has 3 nitrogen and oxygen atoms in total. The summed E-state index contributed by atoms with van der Waals surface area (Å²) >= 11 is 3.64. The summed E-state index contributed by atoms with van der Waals surface area (Å²) in [4.78, 5) is 0. The number of halogens is 1. The van der Waals surface area contributed by atoms with Gasteiger partial charge in [-0.05, 0) is 59.3 Å². The second-order valence-electron chi connectivity index (χ2n) is 7.97. The number of hydrogen-bond donors (Lipinski definition) is 0. The van der Waals surface area contributed by atoms with Crippen molar-refractivity contribution in [3.05, 3.63) is 126 Å². The summed E-state index contributed by atoms with van der Waals surface area (Å²) in [6, 6.07) is 40.4. The number of nitrogens with zero attached hydrogens (tertiary/aromatic N) is 2. The lowest BCUT2D eigenvalue weighted by Gasteiger charge is -2.33. The van der Waals surface area contributed by atoms with E-state index in [9.17, 15) is 0 Å². The third kappa shape index (κ3) is 3.13. The topological polar surface area (TPSA) is 23.6 Å². The van der Waals surface area contributed by atoms with Gasteiger partial charge in [-0.2, -0.15) is 0 Å². The van der Waals surface area contributed by atoms with E-state index in [1.807, 2.05) is 106 Å². The van der Waals surface area contributed by atoms with Gasteiger partial charge in [-0.1, -0.05) is 88.7 Å². The Bertz CT molecular complexity index is 1520. The van der Waals surface area contributed by atoms with Gasteiger partial charge in [0.2, 0.25) is 0 Å². The van der Waals surface area contributed by atoms with Gasteiger partial charge in [0.1, 0.15) is 0 Å². The van der Waals surface area contributed by atoms with Crippen LogP contribution in [-0.4, -0.2) is 0 Å². The van der Waals surface area contributed by atoms with Crippen LogP contribution in [0.5, 0.6) is 0 Å². The maximum atomic E-state index is 15.7. The molecule has 0 fully saturated rings. The molecule has 0 aromatic heterocycles. The van der Waals surface area contributed by atoms with Crippen LogP contribution >= 0.6 is 23.4 Å². The van der Waals surface area contributed by atoms with Crippen molar-refractivity contribution < 1.29 is 4.57 Å². The lowest BCUT2D eigenvalue weighted by molar-refractivity contribution is 0.582. The third-order valence-corrected chi connectivity index (χ3v) is 9.51. The predicted molar refractivity (Wildman–Crippen MR) is 142 cm³/mol. The Labute approximate surface area is 201 Å². The smallest absolute Gasteiger partial charge is 0.270 e. The van der Waals surface area contributed by atoms with Crippen LogP contribution in [0.1, 0.15) is 0 Å². The molecule has 0 saturated heterocycles. The highest BCUT2D eigenvalue weighted by Crippen LogP contribution is 2.70. The first-order chi connectivity index (χ1) is 16.2. The molecule has 0 saturated carbocycles. The molecule has 5 aromatic rings. The van der Waals surface area contributed by atoms with Gasteiger partial charge < -0.3 is 0 Å². The van der Waals surface area contributed by atoms with Gasteiger partial charge in [0.05, 0.1) is 16.7 Å². The van der Waals surface area contributed by atoms with Gasteiger partial charge in [-0.15, -0.1) is 0 Å². The van der Waals surface area contributed by atoms with Crippen LogP contribution in [0.2, 0.25) is 0 Å². The molecule has 5 aromatic carbocycles. The number of fused-ring (bicyclic) bond motifs is 2. The quantitative estimate of drug-likeness (QED) is 0.227. The molecule has 1 aliphatic rings. The standard InChI is InChI=1S/C28H20BrN2OP/c29-22-18-19-26-27(20-22)31(24-14-5-2-6-15-24)33(32,30(26)23-12-3-1-4-13-23)28-17-9-11-21-10-7-8-16-25(21)28/h1-20H. The van der Waals surface area contributed by atoms with Crippen molar-refractivity contribution in [2.75, 3.05) is 9.34 Å². The highest BCUT2D eigenvalue weighted by Gasteiger charge is 2.49. The number of rotatable bonds is 3. The van der Waals surface area contributed by atoms with E-state index < -0.39 is 7.44 Å². The lowest BCUT2D eigenvalue weighted by atomic mass is 10.1. The van der Waals surface area contributed by atoms with E-state index in [0.29, 0.717) is 0 Å². The first kappa shape index (κ1) is 20.3. The molecular weight excluding hydrogens is 491 g/mol. The summed E-state index contributed by atoms with van der Waals surface area (Å²) < 4.78 is 20.7. The fourth-order valence-corrected chi connectivity index (χ4v) is 8.20. The molecule has 1 unspecified atom stereocenters. The van der Waals surface area contributed by atoms with Gasteiger partial charge >= 0.3 is 7.44 Å². The average molecular weight is 511 g/mol. The summed E-state index contributed by atoms with van der Waals surface area (Å²) in [5, 5.41) is 2.89. The van der Waals surface area contributed by atoms with E-state index in [1.54, 1.807) is 0 Å². The van der Waals surface area contributed by atoms with Crippen molar-refractivity contribution >= 4 is 62.2 Å². The lowest BCUT2D eigenvalue weighted by Crippen LogP contribution is -2.27. The first-order valence-electron chi connectivity index (χ1n) is 10.8. The Morgan fingerprint density at radius 1 is 0.576 bits per heavy atom. The zero-order chi connectivity index (χ0) is 22.4. The molecule has 0 aliphatic carbocycles. The maximum absolute atomic E-state index is 15.7. The van der Waals surface area contributed by atoms with Gasteiger partial charge in [0.15, 0.2) is 0 Å². The van der Waals surface area contributed by atoms with Crippen LogP contribution in [-0.2, 0) is 4.57 Å². The minimum Gasteiger partial charge on any atom is -0.270 e. The van der Waals surface area contributed by atoms with Gasteiger partial charge in [-0.3, -0.25) is 13.9 Å². The van der Waals surface area contributed by atoms with E-state index in [0.717, 1.165) is 43.3 Å². The summed E-state index contributed by atoms with van der Waals surface area (Å²) in [6.45, 7) is 0. The largest absolute Gasteiger partial charge is 0.302 e. The van der Waals surface area contributed by atoms with Crippen molar-refractivity contribution in [3.8, 4) is 0 Å². The molecule has 1 aliphatic heterocycles. The van der Waals surface area contributed by atoms with Crippen molar-refractivity contribution in [3.63, 3.8) is 0 Å². The highest BCUT2D eigenvalue weighted by atomic mass is 79.9. The van der Waals surface area contributed by atoms with Crippen LogP contribution in [0.15, 0.2) is 126 Å². The molecule has 1 atom stereocenters. The number of para-hydroxylation sites is 2. The van der Waals surface area contributed by atoms with Crippen molar-refractivity contribution in [1.29, 1.82) is 0 Å². The molecule has 33 heavy (non-hydrogen) atoms. The maximum Gasteiger partial charge on any atom is 0.302 e. The Morgan fingerprint density at radius 2 is 1.15 bits per heavy atom. The molecular formula is C28H20BrN2OP. The Kier molecular flexibility index (Phi) is 4.86. The second kappa shape index (κ2) is 7.91. The summed E-state index contributed by atoms with van der Waals surface area (Å²) in [7, 11) is -3.39. The molecule has 0 spiro atoms. The van der Waals surface area contributed by atoms with Crippen LogP contribution in [0.3, 0.4) is 0 Å². The number of hydrogen-bond acceptors (Lipinski definition) is 1. The fourth-order valence-electron chi connectivity index (χ4n) is 4.63. The van der Waals surface area contributed by atoms with Crippen LogP contribution < -0.4 is 14.6 Å². The molecule has 0 N–H and O–H groups in total. The molecule has 1 heterocycles. The van der Waals surface area contributed by atoms with E-state index in [2.05, 4.69) is 40.2 Å². The first-order valence-corrected chi connectivity index (χ1v) is 13.2. The Balaban J connectivity index is 1.74. The van der Waals surface area contributed by atoms with E-state index in [-0.39, 0.29) is 0 Å². The predicted octanol–water partition coefficient (Wildman–Crippen LogP) is 8.41. The van der Waals surface area contributed by atoms with Crippen LogP contribution in [0, 0.1) is 0 Å². The van der Waals surface area contributed by atoms with E-state index in [4.69, 9.17) is 0 Å². The summed E-state index contributed by atoms with van der Waals surface area (Å²) in [5.41, 5.74) is 3.63. The second-order valence-corrected chi connectivity index (χ2v) is 11.3. The Hall–Kier alpha value is -3.33. The zero-order valence-corrected chi connectivity index (χ0v) is 20.2. The molecule has 160 valence electrons. The Morgan fingerprint density at radius 3 is 1.85 bits per heavy atom. The molecule has 5 heteroatoms. The van der Waals surface area contributed by atoms with Gasteiger partial charge in [-0.25, -0.2) is 0 Å². The third-order valence-electron chi connectivity index (χ3n) is 6.02. The normalized spacial score (nSPS) is 17.4. The van der Waals surface area contributed by atoms with Gasteiger partial charge in [0.25, 0.3) is 0 Å². The van der Waals surface area contributed by atoms with Crippen molar-refractivity contribution in [1.82, 2.24) is 0 Å². The minimum absolute atomic E-state index is 0.820. The van der Waals surface area contributed by atoms with E-state index in [1.165, 1.54) is 0 Å².